The molecular weight excluding hydrogens is 442 g/mol. The summed E-state index contributed by atoms with van der Waals surface area (Å²) in [6.07, 6.45) is 7.84. The molecule has 1 saturated heterocycles. The molecule has 3 aliphatic rings. The molecule has 0 aromatic heterocycles. The number of nitrogens with two attached hydrogens (primary N) is 1. The fourth-order valence-electron chi connectivity index (χ4n) is 5.15. The number of hydrogen-bond acceptors (Lipinski definition) is 5. The predicted molar refractivity (Wildman–Crippen MR) is 131 cm³/mol. The van der Waals surface area contributed by atoms with Crippen LogP contribution in [0.2, 0.25) is 0 Å². The van der Waals surface area contributed by atoms with Crippen LogP contribution in [0.4, 0.5) is 0 Å². The van der Waals surface area contributed by atoms with Crippen molar-refractivity contribution in [3.8, 4) is 6.07 Å². The lowest BCUT2D eigenvalue weighted by Gasteiger charge is -2.33. The van der Waals surface area contributed by atoms with Crippen molar-refractivity contribution in [2.45, 2.75) is 44.8 Å². The van der Waals surface area contributed by atoms with E-state index in [1.54, 1.807) is 49.5 Å². The van der Waals surface area contributed by atoms with Crippen LogP contribution >= 0.6 is 0 Å². The SMILES string of the molecule is CC(C)CC(C(=O)N1CC2(CC1C#N)C(=O)NC1=C2C=CC(N)C=C1)N(C)C(=O)c1ccccc1. The maximum atomic E-state index is 13.9. The van der Waals surface area contributed by atoms with Crippen LogP contribution in [0.5, 0.6) is 0 Å². The van der Waals surface area contributed by atoms with Gasteiger partial charge in [-0.25, -0.2) is 0 Å². The van der Waals surface area contributed by atoms with Crippen molar-refractivity contribution in [3.05, 3.63) is 71.5 Å². The number of carbonyl (C=O) groups excluding carboxylic acids is 3. The van der Waals surface area contributed by atoms with Crippen LogP contribution in [0.3, 0.4) is 0 Å². The smallest absolute Gasteiger partial charge is 0.254 e. The lowest BCUT2D eigenvalue weighted by atomic mass is 9.78. The van der Waals surface area contributed by atoms with Gasteiger partial charge in [-0.3, -0.25) is 14.4 Å². The molecule has 1 aromatic rings. The molecular formula is C27H31N5O3. The van der Waals surface area contributed by atoms with E-state index in [0.29, 0.717) is 17.7 Å². The molecule has 1 spiro atoms. The first kappa shape index (κ1) is 24.4. The summed E-state index contributed by atoms with van der Waals surface area (Å²) in [5.74, 6) is -0.674. The summed E-state index contributed by atoms with van der Waals surface area (Å²) in [5, 5.41) is 12.9. The largest absolute Gasteiger partial charge is 0.330 e. The summed E-state index contributed by atoms with van der Waals surface area (Å²) in [7, 11) is 1.62. The van der Waals surface area contributed by atoms with Crippen molar-refractivity contribution in [1.82, 2.24) is 15.1 Å². The van der Waals surface area contributed by atoms with Gasteiger partial charge in [0.05, 0.1) is 11.5 Å². The molecule has 8 heteroatoms. The standard InChI is InChI=1S/C27H31N5O3/c1-17(2)13-23(31(3)24(33)18-7-5-4-6-8-18)25(34)32-16-27(14-20(32)15-28)21-11-9-19(29)10-12-22(21)30-26(27)35/h4-12,17,19-20,23H,13-14,16,29H2,1-3H3,(H,30,35). The lowest BCUT2D eigenvalue weighted by molar-refractivity contribution is -0.137. The Bertz CT molecular complexity index is 1160. The van der Waals surface area contributed by atoms with Gasteiger partial charge in [0.25, 0.3) is 5.91 Å². The maximum Gasteiger partial charge on any atom is 0.254 e. The highest BCUT2D eigenvalue weighted by Gasteiger charge is 2.57. The Morgan fingerprint density at radius 1 is 1.26 bits per heavy atom. The van der Waals surface area contributed by atoms with E-state index >= 15 is 0 Å². The highest BCUT2D eigenvalue weighted by molar-refractivity contribution is 5.98. The molecule has 4 unspecified atom stereocenters. The van der Waals surface area contributed by atoms with Gasteiger partial charge in [0.1, 0.15) is 12.1 Å². The second kappa shape index (κ2) is 9.51. The average molecular weight is 474 g/mol. The Kier molecular flexibility index (Phi) is 6.64. The third-order valence-corrected chi connectivity index (χ3v) is 7.04. The van der Waals surface area contributed by atoms with Crippen molar-refractivity contribution in [1.29, 1.82) is 5.26 Å². The van der Waals surface area contributed by atoms with Crippen LogP contribution in [0, 0.1) is 22.7 Å². The van der Waals surface area contributed by atoms with Crippen molar-refractivity contribution in [2.24, 2.45) is 17.1 Å². The van der Waals surface area contributed by atoms with Gasteiger partial charge in [-0.1, -0.05) is 50.3 Å². The molecule has 0 saturated carbocycles. The van der Waals surface area contributed by atoms with E-state index < -0.39 is 17.5 Å². The first-order chi connectivity index (χ1) is 16.7. The Morgan fingerprint density at radius 2 is 1.94 bits per heavy atom. The Balaban J connectivity index is 1.66. The number of fused-ring (bicyclic) bond motifs is 1. The minimum Gasteiger partial charge on any atom is -0.330 e. The van der Waals surface area contributed by atoms with Crippen LogP contribution in [0.1, 0.15) is 37.0 Å². The van der Waals surface area contributed by atoms with E-state index in [9.17, 15) is 19.6 Å². The maximum absolute atomic E-state index is 13.9. The molecule has 3 amide bonds. The zero-order valence-corrected chi connectivity index (χ0v) is 20.3. The third kappa shape index (κ3) is 4.40. The lowest BCUT2D eigenvalue weighted by Crippen LogP contribution is -2.51. The first-order valence-electron chi connectivity index (χ1n) is 11.9. The molecule has 35 heavy (non-hydrogen) atoms. The number of allylic oxidation sites excluding steroid dienone is 2. The molecule has 3 N–H and O–H groups in total. The molecule has 4 atom stereocenters. The number of hydrogen-bond donors (Lipinski definition) is 2. The number of benzene rings is 1. The number of carbonyl (C=O) groups is 3. The molecule has 2 aliphatic heterocycles. The summed E-state index contributed by atoms with van der Waals surface area (Å²) < 4.78 is 0. The van der Waals surface area contributed by atoms with Gasteiger partial charge in [-0.2, -0.15) is 5.26 Å². The predicted octanol–water partition coefficient (Wildman–Crippen LogP) is 2.12. The molecule has 0 bridgehead atoms. The molecule has 4 rings (SSSR count). The van der Waals surface area contributed by atoms with Gasteiger partial charge < -0.3 is 20.9 Å². The molecule has 0 radical (unpaired) electrons. The van der Waals surface area contributed by atoms with E-state index in [1.165, 1.54) is 9.80 Å². The monoisotopic (exact) mass is 473 g/mol. The molecule has 8 nitrogen and oxygen atoms in total. The zero-order valence-electron chi connectivity index (χ0n) is 20.3. The molecule has 2 heterocycles. The van der Waals surface area contributed by atoms with Gasteiger partial charge in [0, 0.05) is 37.3 Å². The van der Waals surface area contributed by atoms with Crippen molar-refractivity contribution in [3.63, 3.8) is 0 Å². The van der Waals surface area contributed by atoms with Gasteiger partial charge in [-0.15, -0.1) is 0 Å². The number of nitrogens with zero attached hydrogens (tertiary/aromatic N) is 3. The summed E-state index contributed by atoms with van der Waals surface area (Å²) in [4.78, 5) is 43.3. The minimum atomic E-state index is -1.03. The van der Waals surface area contributed by atoms with Crippen LogP contribution in [-0.4, -0.2) is 59.2 Å². The highest BCUT2D eigenvalue weighted by Crippen LogP contribution is 2.47. The van der Waals surface area contributed by atoms with Crippen molar-refractivity contribution < 1.29 is 14.4 Å². The van der Waals surface area contributed by atoms with Gasteiger partial charge in [0.2, 0.25) is 11.8 Å². The highest BCUT2D eigenvalue weighted by atomic mass is 16.2. The van der Waals surface area contributed by atoms with Crippen molar-refractivity contribution in [2.75, 3.05) is 13.6 Å². The number of nitriles is 1. The zero-order chi connectivity index (χ0) is 25.3. The second-order valence-corrected chi connectivity index (χ2v) is 9.90. The molecule has 1 aliphatic carbocycles. The van der Waals surface area contributed by atoms with E-state index in [4.69, 9.17) is 5.73 Å². The number of likely N-dealkylation sites (N-methyl/N-ethyl adjacent to an activating group) is 1. The quantitative estimate of drug-likeness (QED) is 0.679. The van der Waals surface area contributed by atoms with E-state index in [0.717, 1.165) is 5.57 Å². The van der Waals surface area contributed by atoms with Crippen LogP contribution < -0.4 is 11.1 Å². The minimum absolute atomic E-state index is 0.0735. The first-order valence-corrected chi connectivity index (χ1v) is 11.9. The molecule has 1 aromatic carbocycles. The Morgan fingerprint density at radius 3 is 2.60 bits per heavy atom. The van der Waals surface area contributed by atoms with Gasteiger partial charge in [-0.05, 0) is 36.1 Å². The number of rotatable bonds is 5. The normalized spacial score (nSPS) is 25.9. The topological polar surface area (TPSA) is 120 Å². The summed E-state index contributed by atoms with van der Waals surface area (Å²) in [6.45, 7) is 4.05. The van der Waals surface area contributed by atoms with Crippen molar-refractivity contribution >= 4 is 17.7 Å². The van der Waals surface area contributed by atoms with Gasteiger partial charge >= 0.3 is 0 Å². The van der Waals surface area contributed by atoms with Gasteiger partial charge in [0.15, 0.2) is 0 Å². The van der Waals surface area contributed by atoms with E-state index in [2.05, 4.69) is 11.4 Å². The summed E-state index contributed by atoms with van der Waals surface area (Å²) in [5.41, 5.74) is 6.88. The number of likely N-dealkylation sites (tertiary alicyclic amines) is 1. The fourth-order valence-corrected chi connectivity index (χ4v) is 5.15. The number of nitrogens with one attached hydrogen (secondary N) is 1. The number of amides is 3. The van der Waals surface area contributed by atoms with E-state index in [1.807, 2.05) is 26.0 Å². The van der Waals surface area contributed by atoms with Crippen LogP contribution in [0.15, 0.2) is 65.9 Å². The van der Waals surface area contributed by atoms with E-state index in [-0.39, 0.29) is 42.6 Å². The summed E-state index contributed by atoms with van der Waals surface area (Å²) in [6, 6.07) is 9.21. The third-order valence-electron chi connectivity index (χ3n) is 7.04. The second-order valence-electron chi connectivity index (χ2n) is 9.90. The van der Waals surface area contributed by atoms with Crippen LogP contribution in [0.25, 0.3) is 0 Å². The Hall–Kier alpha value is -3.70. The Labute approximate surface area is 205 Å². The van der Waals surface area contributed by atoms with Crippen LogP contribution in [-0.2, 0) is 9.59 Å². The average Bonchev–Trinajstić information content (AvgIpc) is 3.29. The molecule has 182 valence electrons. The summed E-state index contributed by atoms with van der Waals surface area (Å²) >= 11 is 0. The fraction of sp³-hybridized carbons (Fsp3) is 0.407. The molecule has 1 fully saturated rings.